The fourth-order valence-electron chi connectivity index (χ4n) is 2.81. The minimum atomic E-state index is -0.119. The van der Waals surface area contributed by atoms with Gasteiger partial charge >= 0.3 is 0 Å². The van der Waals surface area contributed by atoms with Crippen molar-refractivity contribution in [3.05, 3.63) is 23.8 Å². The number of carbonyl (C=O) groups is 2. The maximum absolute atomic E-state index is 12.6. The van der Waals surface area contributed by atoms with E-state index in [1.807, 2.05) is 30.0 Å². The van der Waals surface area contributed by atoms with Crippen molar-refractivity contribution in [1.29, 1.82) is 0 Å². The Labute approximate surface area is 129 Å². The highest BCUT2D eigenvalue weighted by molar-refractivity contribution is 5.83. The summed E-state index contributed by atoms with van der Waals surface area (Å²) < 4.78 is 10.7. The molecular weight excluding hydrogens is 284 g/mol. The first kappa shape index (κ1) is 14.7. The Balaban J connectivity index is 1.66. The van der Waals surface area contributed by atoms with Crippen LogP contribution in [0.15, 0.2) is 18.2 Å². The van der Waals surface area contributed by atoms with Crippen LogP contribution in [0.25, 0.3) is 0 Å². The van der Waals surface area contributed by atoms with Crippen molar-refractivity contribution in [3.63, 3.8) is 0 Å². The molecule has 1 fully saturated rings. The van der Waals surface area contributed by atoms with E-state index in [2.05, 4.69) is 5.32 Å². The topological polar surface area (TPSA) is 67.9 Å². The number of piperidine rings is 1. The third-order valence-electron chi connectivity index (χ3n) is 4.12. The number of nitrogens with zero attached hydrogens (tertiary/aromatic N) is 1. The van der Waals surface area contributed by atoms with E-state index in [-0.39, 0.29) is 24.5 Å². The summed E-state index contributed by atoms with van der Waals surface area (Å²) in [5.41, 5.74) is 1.01. The van der Waals surface area contributed by atoms with Gasteiger partial charge in [0.05, 0.1) is 5.92 Å². The zero-order valence-electron chi connectivity index (χ0n) is 12.6. The lowest BCUT2D eigenvalue weighted by Crippen LogP contribution is -2.44. The van der Waals surface area contributed by atoms with E-state index in [9.17, 15) is 9.59 Å². The average Bonchev–Trinajstić information content (AvgIpc) is 3.00. The quantitative estimate of drug-likeness (QED) is 0.910. The molecule has 0 saturated carbocycles. The molecule has 3 rings (SSSR count). The van der Waals surface area contributed by atoms with Crippen LogP contribution in [-0.4, -0.2) is 36.6 Å². The molecule has 2 aliphatic rings. The van der Waals surface area contributed by atoms with Gasteiger partial charge in [0.1, 0.15) is 0 Å². The smallest absolute Gasteiger partial charge is 0.231 e. The van der Waals surface area contributed by atoms with Crippen LogP contribution in [0, 0.1) is 5.92 Å². The summed E-state index contributed by atoms with van der Waals surface area (Å²) in [6, 6.07) is 5.74. The maximum Gasteiger partial charge on any atom is 0.231 e. The normalized spacial score (nSPS) is 19.7. The van der Waals surface area contributed by atoms with Gasteiger partial charge in [0.2, 0.25) is 18.6 Å². The average molecular weight is 304 g/mol. The fourth-order valence-corrected chi connectivity index (χ4v) is 2.81. The molecule has 1 saturated heterocycles. The molecule has 6 nitrogen and oxygen atoms in total. The Hall–Kier alpha value is -2.24. The van der Waals surface area contributed by atoms with Crippen LogP contribution in [0.5, 0.6) is 11.5 Å². The van der Waals surface area contributed by atoms with Crippen molar-refractivity contribution >= 4 is 11.8 Å². The van der Waals surface area contributed by atoms with E-state index < -0.39 is 0 Å². The molecule has 22 heavy (non-hydrogen) atoms. The summed E-state index contributed by atoms with van der Waals surface area (Å²) in [6.07, 6.45) is 1.06. The summed E-state index contributed by atoms with van der Waals surface area (Å²) >= 11 is 0. The zero-order chi connectivity index (χ0) is 15.5. The van der Waals surface area contributed by atoms with Gasteiger partial charge in [0, 0.05) is 26.1 Å². The van der Waals surface area contributed by atoms with Crippen molar-refractivity contribution in [1.82, 2.24) is 10.2 Å². The molecule has 0 unspecified atom stereocenters. The van der Waals surface area contributed by atoms with Crippen molar-refractivity contribution in [2.24, 2.45) is 5.92 Å². The van der Waals surface area contributed by atoms with Gasteiger partial charge in [0.15, 0.2) is 11.5 Å². The van der Waals surface area contributed by atoms with Crippen LogP contribution in [0.4, 0.5) is 0 Å². The van der Waals surface area contributed by atoms with E-state index >= 15 is 0 Å². The number of ether oxygens (including phenoxy) is 2. The fraction of sp³-hybridized carbons (Fsp3) is 0.500. The summed E-state index contributed by atoms with van der Waals surface area (Å²) in [7, 11) is 0. The molecule has 1 N–H and O–H groups in total. The lowest BCUT2D eigenvalue weighted by Gasteiger charge is -2.28. The predicted molar refractivity (Wildman–Crippen MR) is 79.4 cm³/mol. The number of hydrogen-bond donors (Lipinski definition) is 1. The minimum absolute atomic E-state index is 0.0304. The van der Waals surface area contributed by atoms with Gasteiger partial charge in [0.25, 0.3) is 0 Å². The molecule has 1 aromatic rings. The monoisotopic (exact) mass is 304 g/mol. The Morgan fingerprint density at radius 2 is 2.18 bits per heavy atom. The van der Waals surface area contributed by atoms with Crippen LogP contribution >= 0.6 is 0 Å². The van der Waals surface area contributed by atoms with E-state index in [1.165, 1.54) is 0 Å². The van der Waals surface area contributed by atoms with E-state index in [0.717, 1.165) is 17.1 Å². The van der Waals surface area contributed by atoms with Gasteiger partial charge in [-0.15, -0.1) is 0 Å². The number of amides is 2. The second-order valence-corrected chi connectivity index (χ2v) is 5.58. The minimum Gasteiger partial charge on any atom is -0.454 e. The molecule has 2 aliphatic heterocycles. The Morgan fingerprint density at radius 3 is 2.91 bits per heavy atom. The number of carbonyl (C=O) groups excluding carboxylic acids is 2. The summed E-state index contributed by atoms with van der Waals surface area (Å²) in [5.74, 6) is 1.48. The largest absolute Gasteiger partial charge is 0.454 e. The molecule has 0 radical (unpaired) electrons. The second-order valence-electron chi connectivity index (χ2n) is 5.58. The number of hydrogen-bond acceptors (Lipinski definition) is 4. The lowest BCUT2D eigenvalue weighted by atomic mass is 9.97. The van der Waals surface area contributed by atoms with Crippen LogP contribution in [-0.2, 0) is 16.1 Å². The molecule has 0 aromatic heterocycles. The second kappa shape index (κ2) is 6.25. The lowest BCUT2D eigenvalue weighted by molar-refractivity contribution is -0.137. The van der Waals surface area contributed by atoms with Gasteiger partial charge in [-0.1, -0.05) is 6.07 Å². The number of benzene rings is 1. The first-order valence-corrected chi connectivity index (χ1v) is 7.61. The predicted octanol–water partition coefficient (Wildman–Crippen LogP) is 1.29. The summed E-state index contributed by atoms with van der Waals surface area (Å²) in [5, 5.41) is 2.77. The first-order valence-electron chi connectivity index (χ1n) is 7.61. The number of fused-ring (bicyclic) bond motifs is 1. The molecule has 1 atom stereocenters. The third-order valence-corrected chi connectivity index (χ3v) is 4.12. The van der Waals surface area contributed by atoms with Crippen molar-refractivity contribution < 1.29 is 19.1 Å². The highest BCUT2D eigenvalue weighted by Gasteiger charge is 2.28. The van der Waals surface area contributed by atoms with Gasteiger partial charge in [-0.25, -0.2) is 0 Å². The molecule has 2 heterocycles. The van der Waals surface area contributed by atoms with Gasteiger partial charge in [-0.2, -0.15) is 0 Å². The SMILES string of the molecule is CCN(Cc1ccc2c(c1)OCO2)C(=O)[C@H]1CCC(=O)NC1. The standard InChI is InChI=1S/C16H20N2O4/c1-2-18(16(20)12-4-6-15(19)17-8-12)9-11-3-5-13-14(7-11)22-10-21-13/h3,5,7,12H,2,4,6,8-10H2,1H3,(H,17,19)/t12-/m0/s1. The molecular formula is C16H20N2O4. The van der Waals surface area contributed by atoms with E-state index in [0.29, 0.717) is 32.5 Å². The molecule has 1 aromatic carbocycles. The van der Waals surface area contributed by atoms with E-state index in [1.54, 1.807) is 0 Å². The van der Waals surface area contributed by atoms with E-state index in [4.69, 9.17) is 9.47 Å². The number of nitrogens with one attached hydrogen (secondary N) is 1. The van der Waals surface area contributed by atoms with Crippen LogP contribution in [0.1, 0.15) is 25.3 Å². The van der Waals surface area contributed by atoms with Crippen molar-refractivity contribution in [2.45, 2.75) is 26.3 Å². The highest BCUT2D eigenvalue weighted by Crippen LogP contribution is 2.33. The summed E-state index contributed by atoms with van der Waals surface area (Å²) in [4.78, 5) is 25.6. The summed E-state index contributed by atoms with van der Waals surface area (Å²) in [6.45, 7) is 3.83. The van der Waals surface area contributed by atoms with Crippen LogP contribution < -0.4 is 14.8 Å². The van der Waals surface area contributed by atoms with Gasteiger partial charge in [-0.05, 0) is 31.0 Å². The van der Waals surface area contributed by atoms with Gasteiger partial charge < -0.3 is 19.7 Å². The molecule has 6 heteroatoms. The third kappa shape index (κ3) is 3.00. The molecule has 2 amide bonds. The Morgan fingerprint density at radius 1 is 1.36 bits per heavy atom. The van der Waals surface area contributed by atoms with Gasteiger partial charge in [-0.3, -0.25) is 9.59 Å². The molecule has 0 bridgehead atoms. The van der Waals surface area contributed by atoms with Crippen molar-refractivity contribution in [3.8, 4) is 11.5 Å². The first-order chi connectivity index (χ1) is 10.7. The maximum atomic E-state index is 12.6. The zero-order valence-corrected chi connectivity index (χ0v) is 12.6. The number of rotatable bonds is 4. The highest BCUT2D eigenvalue weighted by atomic mass is 16.7. The molecule has 0 aliphatic carbocycles. The van der Waals surface area contributed by atoms with Crippen LogP contribution in [0.3, 0.4) is 0 Å². The van der Waals surface area contributed by atoms with Crippen LogP contribution in [0.2, 0.25) is 0 Å². The molecule has 118 valence electrons. The molecule has 0 spiro atoms. The van der Waals surface area contributed by atoms with Crippen molar-refractivity contribution in [2.75, 3.05) is 19.9 Å². The Bertz CT molecular complexity index is 578. The Kier molecular flexibility index (Phi) is 4.18.